The molecule has 102 valence electrons. The monoisotopic (exact) mass is 276 g/mol. The topological polar surface area (TPSA) is 133 Å². The SMILES string of the molecule is O=C1NC(=O)[C@](F)(n2cc(F)c(=O)[nH]c2=O)[C@H](O)N1. The molecule has 1 aliphatic heterocycles. The molecule has 11 heteroatoms. The number of nitrogens with zero attached hydrogens (tertiary/aromatic N) is 1. The van der Waals surface area contributed by atoms with Crippen LogP contribution in [0.2, 0.25) is 0 Å². The molecule has 0 saturated carbocycles. The molecule has 1 saturated heterocycles. The van der Waals surface area contributed by atoms with Crippen LogP contribution in [0, 0.1) is 5.82 Å². The summed E-state index contributed by atoms with van der Waals surface area (Å²) < 4.78 is 27.3. The number of carbonyl (C=O) groups is 2. The van der Waals surface area contributed by atoms with Gasteiger partial charge < -0.3 is 10.4 Å². The average Bonchev–Trinajstić information content (AvgIpc) is 2.30. The summed E-state index contributed by atoms with van der Waals surface area (Å²) in [5.41, 5.74) is -2.89. The van der Waals surface area contributed by atoms with Crippen LogP contribution in [0.1, 0.15) is 0 Å². The number of aromatic nitrogens is 2. The maximum atomic E-state index is 14.4. The normalized spacial score (nSPS) is 26.8. The fourth-order valence-corrected chi connectivity index (χ4v) is 1.50. The molecule has 1 aliphatic rings. The predicted octanol–water partition coefficient (Wildman–Crippen LogP) is -2.54. The molecule has 0 radical (unpaired) electrons. The molecule has 1 aromatic heterocycles. The summed E-state index contributed by atoms with van der Waals surface area (Å²) in [5, 5.41) is 12.4. The first kappa shape index (κ1) is 12.9. The first-order valence-corrected chi connectivity index (χ1v) is 4.77. The number of nitrogens with one attached hydrogen (secondary N) is 3. The highest BCUT2D eigenvalue weighted by Crippen LogP contribution is 2.23. The van der Waals surface area contributed by atoms with Gasteiger partial charge in [0.15, 0.2) is 6.23 Å². The van der Waals surface area contributed by atoms with E-state index in [0.29, 0.717) is 0 Å². The Balaban J connectivity index is 2.65. The van der Waals surface area contributed by atoms with E-state index in [9.17, 15) is 33.1 Å². The Bertz CT molecular complexity index is 682. The fourth-order valence-electron chi connectivity index (χ4n) is 1.50. The van der Waals surface area contributed by atoms with Crippen LogP contribution in [0.4, 0.5) is 13.6 Å². The minimum absolute atomic E-state index is 0.113. The molecule has 2 atom stereocenters. The minimum Gasteiger partial charge on any atom is -0.368 e. The lowest BCUT2D eigenvalue weighted by Gasteiger charge is -2.33. The standard InChI is InChI=1S/C8H6F2N4O5/c9-2-1-14(7(19)11-3(2)15)8(10)4(16)12-6(18)13-5(8)17/h1,4,16H,(H,11,15,19)(H2,12,13,17,18)/t4-,8+/m0/s1. The van der Waals surface area contributed by atoms with E-state index in [1.807, 2.05) is 0 Å². The van der Waals surface area contributed by atoms with Crippen molar-refractivity contribution in [2.24, 2.45) is 0 Å². The zero-order valence-corrected chi connectivity index (χ0v) is 8.94. The van der Waals surface area contributed by atoms with E-state index in [-0.39, 0.29) is 10.8 Å². The molecule has 1 aromatic rings. The molecule has 2 rings (SSSR count). The van der Waals surface area contributed by atoms with Crippen molar-refractivity contribution in [1.29, 1.82) is 0 Å². The highest BCUT2D eigenvalue weighted by atomic mass is 19.1. The van der Waals surface area contributed by atoms with E-state index < -0.39 is 41.0 Å². The summed E-state index contributed by atoms with van der Waals surface area (Å²) in [6.45, 7) is 0. The molecule has 19 heavy (non-hydrogen) atoms. The maximum Gasteiger partial charge on any atom is 0.331 e. The second kappa shape index (κ2) is 3.98. The third-order valence-electron chi connectivity index (χ3n) is 2.42. The number of urea groups is 1. The van der Waals surface area contributed by atoms with E-state index >= 15 is 0 Å². The Morgan fingerprint density at radius 2 is 1.95 bits per heavy atom. The van der Waals surface area contributed by atoms with Gasteiger partial charge in [-0.3, -0.25) is 24.5 Å². The van der Waals surface area contributed by atoms with Crippen molar-refractivity contribution in [3.63, 3.8) is 0 Å². The number of aliphatic hydroxyl groups excluding tert-OH is 1. The first-order valence-electron chi connectivity index (χ1n) is 4.77. The van der Waals surface area contributed by atoms with Gasteiger partial charge in [-0.15, -0.1) is 0 Å². The second-order valence-electron chi connectivity index (χ2n) is 3.61. The largest absolute Gasteiger partial charge is 0.368 e. The number of imide groups is 1. The van der Waals surface area contributed by atoms with Crippen molar-refractivity contribution in [3.8, 4) is 0 Å². The van der Waals surface area contributed by atoms with Gasteiger partial charge in [0.05, 0.1) is 6.20 Å². The van der Waals surface area contributed by atoms with Gasteiger partial charge in [-0.1, -0.05) is 0 Å². The van der Waals surface area contributed by atoms with Crippen molar-refractivity contribution in [1.82, 2.24) is 20.2 Å². The highest BCUT2D eigenvalue weighted by Gasteiger charge is 2.53. The van der Waals surface area contributed by atoms with Gasteiger partial charge in [0.25, 0.3) is 11.5 Å². The van der Waals surface area contributed by atoms with Crippen LogP contribution in [-0.4, -0.2) is 32.8 Å². The number of amides is 3. The summed E-state index contributed by atoms with van der Waals surface area (Å²) in [6, 6.07) is -1.19. The van der Waals surface area contributed by atoms with Crippen molar-refractivity contribution in [2.45, 2.75) is 12.0 Å². The van der Waals surface area contributed by atoms with Crippen LogP contribution in [0.3, 0.4) is 0 Å². The van der Waals surface area contributed by atoms with Gasteiger partial charge in [-0.25, -0.2) is 14.0 Å². The molecular formula is C8H6F2N4O5. The zero-order valence-electron chi connectivity index (χ0n) is 8.94. The van der Waals surface area contributed by atoms with Crippen LogP contribution in [0.5, 0.6) is 0 Å². The minimum atomic E-state index is -3.49. The molecule has 2 heterocycles. The summed E-state index contributed by atoms with van der Waals surface area (Å²) in [4.78, 5) is 45.8. The van der Waals surface area contributed by atoms with Gasteiger partial charge in [0, 0.05) is 0 Å². The van der Waals surface area contributed by atoms with Crippen molar-refractivity contribution in [2.75, 3.05) is 0 Å². The number of halogens is 2. The van der Waals surface area contributed by atoms with Crippen LogP contribution >= 0.6 is 0 Å². The third kappa shape index (κ3) is 1.79. The third-order valence-corrected chi connectivity index (χ3v) is 2.42. The number of alkyl halides is 1. The summed E-state index contributed by atoms with van der Waals surface area (Å²) >= 11 is 0. The summed E-state index contributed by atoms with van der Waals surface area (Å²) in [7, 11) is 0. The highest BCUT2D eigenvalue weighted by molar-refractivity contribution is 6.00. The van der Waals surface area contributed by atoms with Crippen molar-refractivity contribution < 1.29 is 23.5 Å². The molecule has 1 fully saturated rings. The number of aliphatic hydroxyl groups is 1. The Morgan fingerprint density at radius 3 is 2.53 bits per heavy atom. The van der Waals surface area contributed by atoms with E-state index in [1.54, 1.807) is 5.32 Å². The van der Waals surface area contributed by atoms with Crippen LogP contribution in [0.15, 0.2) is 15.8 Å². The molecule has 4 N–H and O–H groups in total. The number of rotatable bonds is 1. The van der Waals surface area contributed by atoms with E-state index in [1.165, 1.54) is 10.3 Å². The number of H-pyrrole nitrogens is 1. The maximum absolute atomic E-state index is 14.4. The van der Waals surface area contributed by atoms with Crippen LogP contribution in [0.25, 0.3) is 0 Å². The predicted molar refractivity (Wildman–Crippen MR) is 53.0 cm³/mol. The lowest BCUT2D eigenvalue weighted by molar-refractivity contribution is -0.158. The average molecular weight is 276 g/mol. The van der Waals surface area contributed by atoms with Crippen LogP contribution < -0.4 is 21.9 Å². The van der Waals surface area contributed by atoms with Gasteiger partial charge in [-0.2, -0.15) is 4.39 Å². The molecule has 0 spiro atoms. The van der Waals surface area contributed by atoms with E-state index in [0.717, 1.165) is 0 Å². The molecule has 0 aliphatic carbocycles. The molecule has 0 unspecified atom stereocenters. The Hall–Kier alpha value is -2.56. The second-order valence-corrected chi connectivity index (χ2v) is 3.61. The molecule has 9 nitrogen and oxygen atoms in total. The number of aromatic amines is 1. The van der Waals surface area contributed by atoms with Crippen molar-refractivity contribution >= 4 is 11.9 Å². The van der Waals surface area contributed by atoms with Gasteiger partial charge in [-0.05, 0) is 0 Å². The van der Waals surface area contributed by atoms with Gasteiger partial charge >= 0.3 is 17.5 Å². The molecular weight excluding hydrogens is 270 g/mol. The van der Waals surface area contributed by atoms with Crippen LogP contribution in [-0.2, 0) is 10.6 Å². The molecule has 0 bridgehead atoms. The molecule has 3 amide bonds. The zero-order chi connectivity index (χ0) is 14.4. The Kier molecular flexibility index (Phi) is 2.70. The fraction of sp³-hybridized carbons (Fsp3) is 0.250. The lowest BCUT2D eigenvalue weighted by atomic mass is 10.1. The lowest BCUT2D eigenvalue weighted by Crippen LogP contribution is -2.69. The smallest absolute Gasteiger partial charge is 0.331 e. The molecule has 0 aromatic carbocycles. The van der Waals surface area contributed by atoms with E-state index in [2.05, 4.69) is 0 Å². The number of hydrogen-bond donors (Lipinski definition) is 4. The summed E-state index contributed by atoms with van der Waals surface area (Å²) in [6.07, 6.45) is -2.32. The van der Waals surface area contributed by atoms with Gasteiger partial charge in [0.2, 0.25) is 5.82 Å². The number of carbonyl (C=O) groups excluding carboxylic acids is 2. The van der Waals surface area contributed by atoms with Gasteiger partial charge in [0.1, 0.15) is 0 Å². The first-order chi connectivity index (χ1) is 8.76. The number of hydrogen-bond acceptors (Lipinski definition) is 5. The summed E-state index contributed by atoms with van der Waals surface area (Å²) in [5.74, 6) is -6.72. The quantitative estimate of drug-likeness (QED) is 0.448. The van der Waals surface area contributed by atoms with E-state index in [4.69, 9.17) is 0 Å². The Morgan fingerprint density at radius 1 is 1.32 bits per heavy atom. The Labute approximate surface area is 101 Å². The van der Waals surface area contributed by atoms with Crippen molar-refractivity contribution in [3.05, 3.63) is 32.9 Å².